The van der Waals surface area contributed by atoms with Gasteiger partial charge in [0.15, 0.2) is 5.69 Å². The Labute approximate surface area is 175 Å². The molecule has 1 amide bonds. The second-order valence-corrected chi connectivity index (χ2v) is 7.93. The third-order valence-corrected chi connectivity index (χ3v) is 5.71. The first-order chi connectivity index (χ1) is 14.2. The van der Waals surface area contributed by atoms with Crippen molar-refractivity contribution in [2.24, 2.45) is 0 Å². The number of aromatic nitrogens is 2. The van der Waals surface area contributed by atoms with Crippen LogP contribution in [0.5, 0.6) is 0 Å². The van der Waals surface area contributed by atoms with E-state index >= 15 is 0 Å². The highest BCUT2D eigenvalue weighted by Crippen LogP contribution is 2.23. The largest absolute Gasteiger partial charge is 0.337 e. The molecule has 0 aliphatic carbocycles. The molecular formula is C21H27N5O4. The maximum atomic E-state index is 13.1. The number of nitro groups is 1. The summed E-state index contributed by atoms with van der Waals surface area (Å²) in [5, 5.41) is 15.6. The number of hydrogen-bond donors (Lipinski definition) is 0. The van der Waals surface area contributed by atoms with E-state index in [0.29, 0.717) is 11.7 Å². The van der Waals surface area contributed by atoms with E-state index in [1.165, 1.54) is 16.8 Å². The number of carbonyl (C=O) groups is 1. The Morgan fingerprint density at radius 1 is 1.27 bits per heavy atom. The summed E-state index contributed by atoms with van der Waals surface area (Å²) in [6, 6.07) is 7.90. The SMILES string of the molecule is Cc1cc(=O)c(C(=O)N(C)C2CCN(C(C)C)CC2)nn1-c1ccccc1[N+](=O)[O-]. The fourth-order valence-corrected chi connectivity index (χ4v) is 3.86. The van der Waals surface area contributed by atoms with Crippen LogP contribution in [-0.4, -0.2) is 62.6 Å². The van der Waals surface area contributed by atoms with Crippen LogP contribution in [0.3, 0.4) is 0 Å². The van der Waals surface area contributed by atoms with Gasteiger partial charge in [-0.25, -0.2) is 4.68 Å². The maximum absolute atomic E-state index is 13.1. The maximum Gasteiger partial charge on any atom is 0.294 e. The highest BCUT2D eigenvalue weighted by molar-refractivity contribution is 5.92. The first kappa shape index (κ1) is 21.6. The first-order valence-electron chi connectivity index (χ1n) is 10.1. The van der Waals surface area contributed by atoms with E-state index in [4.69, 9.17) is 0 Å². The van der Waals surface area contributed by atoms with Gasteiger partial charge in [0.1, 0.15) is 5.69 Å². The molecule has 0 radical (unpaired) electrons. The Balaban J connectivity index is 1.92. The number of nitro benzene ring substituents is 1. The molecule has 0 N–H and O–H groups in total. The van der Waals surface area contributed by atoms with Gasteiger partial charge in [-0.1, -0.05) is 12.1 Å². The number of amides is 1. The number of rotatable bonds is 5. The summed E-state index contributed by atoms with van der Waals surface area (Å²) < 4.78 is 1.29. The van der Waals surface area contributed by atoms with Crippen molar-refractivity contribution in [3.8, 4) is 5.69 Å². The molecule has 0 spiro atoms. The molecule has 0 atom stereocenters. The predicted octanol–water partition coefficient (Wildman–Crippen LogP) is 2.39. The number of carbonyl (C=O) groups excluding carboxylic acids is 1. The van der Waals surface area contributed by atoms with E-state index in [2.05, 4.69) is 23.8 Å². The molecule has 0 saturated carbocycles. The molecule has 160 valence electrons. The standard InChI is InChI=1S/C21H27N5O4/c1-14(2)24-11-9-16(10-12-24)23(4)21(28)20-19(27)13-15(3)25(22-20)17-7-5-6-8-18(17)26(29)30/h5-8,13-14,16H,9-12H2,1-4H3. The van der Waals surface area contributed by atoms with Gasteiger partial charge in [0, 0.05) is 50.0 Å². The quantitative estimate of drug-likeness (QED) is 0.551. The van der Waals surface area contributed by atoms with E-state index in [0.717, 1.165) is 25.9 Å². The first-order valence-corrected chi connectivity index (χ1v) is 10.1. The molecule has 1 fully saturated rings. The molecule has 1 aliphatic rings. The summed E-state index contributed by atoms with van der Waals surface area (Å²) in [5.41, 5.74) is -0.239. The lowest BCUT2D eigenvalue weighted by Crippen LogP contribution is -2.48. The summed E-state index contributed by atoms with van der Waals surface area (Å²) >= 11 is 0. The molecule has 0 bridgehead atoms. The lowest BCUT2D eigenvalue weighted by Gasteiger charge is -2.38. The van der Waals surface area contributed by atoms with Gasteiger partial charge in [0.05, 0.1) is 4.92 Å². The number of aryl methyl sites for hydroxylation is 1. The molecule has 9 nitrogen and oxygen atoms in total. The average molecular weight is 413 g/mol. The van der Waals surface area contributed by atoms with E-state index in [1.807, 2.05) is 0 Å². The number of para-hydroxylation sites is 2. The average Bonchev–Trinajstić information content (AvgIpc) is 2.73. The van der Waals surface area contributed by atoms with E-state index in [-0.39, 0.29) is 23.1 Å². The zero-order valence-corrected chi connectivity index (χ0v) is 17.7. The van der Waals surface area contributed by atoms with Gasteiger partial charge in [-0.3, -0.25) is 19.7 Å². The molecule has 1 aliphatic heterocycles. The van der Waals surface area contributed by atoms with Crippen molar-refractivity contribution in [2.45, 2.75) is 45.7 Å². The molecule has 0 unspecified atom stereocenters. The summed E-state index contributed by atoms with van der Waals surface area (Å²) in [6.07, 6.45) is 1.65. The van der Waals surface area contributed by atoms with E-state index in [1.54, 1.807) is 37.1 Å². The van der Waals surface area contributed by atoms with Crippen molar-refractivity contribution in [1.82, 2.24) is 19.6 Å². The Kier molecular flexibility index (Phi) is 6.31. The third kappa shape index (κ3) is 4.25. The number of likely N-dealkylation sites (tertiary alicyclic amines) is 1. The number of benzene rings is 1. The summed E-state index contributed by atoms with van der Waals surface area (Å²) in [7, 11) is 1.69. The minimum Gasteiger partial charge on any atom is -0.337 e. The van der Waals surface area contributed by atoms with Crippen molar-refractivity contribution < 1.29 is 9.72 Å². The third-order valence-electron chi connectivity index (χ3n) is 5.71. The zero-order valence-electron chi connectivity index (χ0n) is 17.7. The Bertz CT molecular complexity index is 1010. The molecule has 1 saturated heterocycles. The van der Waals surface area contributed by atoms with Gasteiger partial charge < -0.3 is 9.80 Å². The molecular weight excluding hydrogens is 386 g/mol. The van der Waals surface area contributed by atoms with Crippen LogP contribution < -0.4 is 5.43 Å². The second-order valence-electron chi connectivity index (χ2n) is 7.93. The molecule has 9 heteroatoms. The van der Waals surface area contributed by atoms with Crippen LogP contribution in [0, 0.1) is 17.0 Å². The van der Waals surface area contributed by atoms with Crippen molar-refractivity contribution in [3.05, 3.63) is 62.1 Å². The number of hydrogen-bond acceptors (Lipinski definition) is 6. The van der Waals surface area contributed by atoms with Crippen LogP contribution in [0.25, 0.3) is 5.69 Å². The minimum absolute atomic E-state index is 0.0227. The van der Waals surface area contributed by atoms with Crippen molar-refractivity contribution in [2.75, 3.05) is 20.1 Å². The topological polar surface area (TPSA) is 102 Å². The number of nitrogens with zero attached hydrogens (tertiary/aromatic N) is 5. The molecule has 30 heavy (non-hydrogen) atoms. The second kappa shape index (κ2) is 8.74. The lowest BCUT2D eigenvalue weighted by atomic mass is 10.0. The predicted molar refractivity (Wildman–Crippen MR) is 113 cm³/mol. The van der Waals surface area contributed by atoms with Gasteiger partial charge in [-0.2, -0.15) is 5.10 Å². The van der Waals surface area contributed by atoms with Crippen LogP contribution in [0.15, 0.2) is 35.1 Å². The normalized spacial score (nSPS) is 15.4. The van der Waals surface area contributed by atoms with Gasteiger partial charge in [-0.15, -0.1) is 0 Å². The van der Waals surface area contributed by atoms with E-state index in [9.17, 15) is 19.7 Å². The van der Waals surface area contributed by atoms with Gasteiger partial charge in [0.2, 0.25) is 5.43 Å². The fraction of sp³-hybridized carbons (Fsp3) is 0.476. The van der Waals surface area contributed by atoms with Gasteiger partial charge in [-0.05, 0) is 39.7 Å². The van der Waals surface area contributed by atoms with Crippen molar-refractivity contribution in [1.29, 1.82) is 0 Å². The molecule has 1 aromatic carbocycles. The van der Waals surface area contributed by atoms with E-state index < -0.39 is 16.3 Å². The van der Waals surface area contributed by atoms with Crippen LogP contribution in [0.4, 0.5) is 5.69 Å². The Morgan fingerprint density at radius 2 is 1.90 bits per heavy atom. The molecule has 1 aromatic heterocycles. The highest BCUT2D eigenvalue weighted by Gasteiger charge is 2.29. The number of piperidine rings is 1. The zero-order chi connectivity index (χ0) is 22.0. The smallest absolute Gasteiger partial charge is 0.294 e. The van der Waals surface area contributed by atoms with Crippen LogP contribution in [0.2, 0.25) is 0 Å². The molecule has 2 heterocycles. The Morgan fingerprint density at radius 3 is 2.50 bits per heavy atom. The highest BCUT2D eigenvalue weighted by atomic mass is 16.6. The summed E-state index contributed by atoms with van der Waals surface area (Å²) in [6.45, 7) is 7.71. The van der Waals surface area contributed by atoms with Crippen molar-refractivity contribution in [3.63, 3.8) is 0 Å². The lowest BCUT2D eigenvalue weighted by molar-refractivity contribution is -0.384. The molecule has 3 rings (SSSR count). The monoisotopic (exact) mass is 413 g/mol. The summed E-state index contributed by atoms with van der Waals surface area (Å²) in [4.78, 5) is 40.5. The van der Waals surface area contributed by atoms with Gasteiger partial charge in [0.25, 0.3) is 11.6 Å². The fourth-order valence-electron chi connectivity index (χ4n) is 3.86. The minimum atomic E-state index is -0.509. The van der Waals surface area contributed by atoms with Gasteiger partial charge >= 0.3 is 0 Å². The molecule has 2 aromatic rings. The summed E-state index contributed by atoms with van der Waals surface area (Å²) in [5.74, 6) is -0.463. The van der Waals surface area contributed by atoms with Crippen LogP contribution in [-0.2, 0) is 0 Å². The van der Waals surface area contributed by atoms with Crippen LogP contribution in [0.1, 0.15) is 42.9 Å². The van der Waals surface area contributed by atoms with Crippen LogP contribution >= 0.6 is 0 Å². The van der Waals surface area contributed by atoms with Crippen molar-refractivity contribution >= 4 is 11.6 Å². The Hall–Kier alpha value is -3.07.